The summed E-state index contributed by atoms with van der Waals surface area (Å²) in [6.45, 7) is 0. The number of aryl methyl sites for hydroxylation is 1. The van der Waals surface area contributed by atoms with E-state index in [1.165, 1.54) is 29.6 Å². The molecule has 0 aliphatic heterocycles. The Kier molecular flexibility index (Phi) is 2.02. The molecule has 0 amide bonds. The van der Waals surface area contributed by atoms with Crippen LogP contribution in [-0.4, -0.2) is 30.5 Å². The summed E-state index contributed by atoms with van der Waals surface area (Å²) < 4.78 is 1.41. The molecule has 2 rings (SSSR count). The van der Waals surface area contributed by atoms with Crippen molar-refractivity contribution in [2.45, 2.75) is 0 Å². The number of hydrogen-bond donors (Lipinski definition) is 0. The number of carbonyl (C=O) groups is 1. The van der Waals surface area contributed by atoms with Gasteiger partial charge in [0, 0.05) is 13.2 Å². The number of ketones is 1. The van der Waals surface area contributed by atoms with Gasteiger partial charge in [-0.25, -0.2) is 19.6 Å². The number of hydrogen-bond acceptors (Lipinski definition) is 5. The Morgan fingerprint density at radius 1 is 1.36 bits per heavy atom. The largest absolute Gasteiger partial charge is 0.283 e. The maximum absolute atomic E-state index is 11.7. The molecule has 70 valence electrons. The van der Waals surface area contributed by atoms with Crippen molar-refractivity contribution in [1.82, 2.24) is 24.7 Å². The zero-order chi connectivity index (χ0) is 9.97. The highest BCUT2D eigenvalue weighted by atomic mass is 16.1. The lowest BCUT2D eigenvalue weighted by Crippen LogP contribution is -2.11. The van der Waals surface area contributed by atoms with Crippen molar-refractivity contribution in [3.8, 4) is 0 Å². The third kappa shape index (κ3) is 1.37. The molecule has 6 nitrogen and oxygen atoms in total. The molecule has 0 spiro atoms. The van der Waals surface area contributed by atoms with Gasteiger partial charge in [-0.15, -0.1) is 0 Å². The molecule has 0 fully saturated rings. The molecular weight excluding hydrogens is 182 g/mol. The van der Waals surface area contributed by atoms with E-state index in [0.717, 1.165) is 0 Å². The molecule has 6 heteroatoms. The normalized spacial score (nSPS) is 10.1. The van der Waals surface area contributed by atoms with Crippen molar-refractivity contribution in [3.63, 3.8) is 0 Å². The van der Waals surface area contributed by atoms with E-state index in [1.54, 1.807) is 7.05 Å². The second kappa shape index (κ2) is 3.33. The second-order valence-electron chi connectivity index (χ2n) is 2.63. The number of carbonyl (C=O) groups excluding carboxylic acids is 1. The summed E-state index contributed by atoms with van der Waals surface area (Å²) in [6.07, 6.45) is 4.16. The van der Waals surface area contributed by atoms with E-state index in [-0.39, 0.29) is 11.6 Å². The molecule has 0 N–H and O–H groups in total. The maximum atomic E-state index is 11.7. The minimum Gasteiger partial charge on any atom is -0.283 e. The molecule has 0 radical (unpaired) electrons. The van der Waals surface area contributed by atoms with Gasteiger partial charge in [-0.2, -0.15) is 5.10 Å². The number of rotatable bonds is 2. The van der Waals surface area contributed by atoms with Crippen LogP contribution in [0.5, 0.6) is 0 Å². The van der Waals surface area contributed by atoms with Crippen LogP contribution >= 0.6 is 0 Å². The molecule has 2 aromatic rings. The fourth-order valence-electron chi connectivity index (χ4n) is 1.04. The molecule has 0 unspecified atom stereocenters. The molecule has 0 atom stereocenters. The first kappa shape index (κ1) is 8.49. The second-order valence-corrected chi connectivity index (χ2v) is 2.63. The van der Waals surface area contributed by atoms with Crippen LogP contribution in [0.4, 0.5) is 0 Å². The van der Waals surface area contributed by atoms with E-state index >= 15 is 0 Å². The van der Waals surface area contributed by atoms with Gasteiger partial charge in [0.1, 0.15) is 18.3 Å². The summed E-state index contributed by atoms with van der Waals surface area (Å²) in [6, 6.07) is 1.54. The van der Waals surface area contributed by atoms with Crippen LogP contribution in [0.3, 0.4) is 0 Å². The highest BCUT2D eigenvalue weighted by Crippen LogP contribution is 2.01. The fraction of sp³-hybridized carbons (Fsp3) is 0.125. The van der Waals surface area contributed by atoms with E-state index in [0.29, 0.717) is 5.69 Å². The first-order valence-corrected chi connectivity index (χ1v) is 3.94. The van der Waals surface area contributed by atoms with Gasteiger partial charge < -0.3 is 0 Å². The summed E-state index contributed by atoms with van der Waals surface area (Å²) >= 11 is 0. The minimum absolute atomic E-state index is 0.257. The Hall–Kier alpha value is -2.11. The Bertz CT molecular complexity index is 450. The molecule has 0 bridgehead atoms. The molecule has 0 aliphatic rings. The average molecular weight is 189 g/mol. The molecule has 2 aromatic heterocycles. The Balaban J connectivity index is 2.39. The van der Waals surface area contributed by atoms with Crippen molar-refractivity contribution in [2.75, 3.05) is 0 Å². The van der Waals surface area contributed by atoms with Crippen LogP contribution < -0.4 is 0 Å². The van der Waals surface area contributed by atoms with Crippen molar-refractivity contribution < 1.29 is 4.79 Å². The fourth-order valence-corrected chi connectivity index (χ4v) is 1.04. The van der Waals surface area contributed by atoms with Crippen molar-refractivity contribution in [1.29, 1.82) is 0 Å². The van der Waals surface area contributed by atoms with Crippen LogP contribution in [0.25, 0.3) is 0 Å². The van der Waals surface area contributed by atoms with Crippen LogP contribution in [0, 0.1) is 0 Å². The maximum Gasteiger partial charge on any atom is 0.248 e. The number of aromatic nitrogens is 5. The predicted molar refractivity (Wildman–Crippen MR) is 46.5 cm³/mol. The Morgan fingerprint density at radius 3 is 2.79 bits per heavy atom. The van der Waals surface area contributed by atoms with E-state index in [4.69, 9.17) is 0 Å². The van der Waals surface area contributed by atoms with Crippen LogP contribution in [0.2, 0.25) is 0 Å². The van der Waals surface area contributed by atoms with Gasteiger partial charge in [0.15, 0.2) is 0 Å². The van der Waals surface area contributed by atoms with Crippen LogP contribution in [0.1, 0.15) is 16.3 Å². The highest BCUT2D eigenvalue weighted by molar-refractivity contribution is 6.04. The predicted octanol–water partition coefficient (Wildman–Crippen LogP) is -0.164. The third-order valence-corrected chi connectivity index (χ3v) is 1.73. The van der Waals surface area contributed by atoms with E-state index in [9.17, 15) is 4.79 Å². The molecule has 0 saturated heterocycles. The molecule has 14 heavy (non-hydrogen) atoms. The minimum atomic E-state index is -0.257. The first-order chi connectivity index (χ1) is 6.79. The summed E-state index contributed by atoms with van der Waals surface area (Å²) in [5.41, 5.74) is 0.316. The van der Waals surface area contributed by atoms with E-state index in [1.807, 2.05) is 0 Å². The first-order valence-electron chi connectivity index (χ1n) is 3.94. The van der Waals surface area contributed by atoms with Gasteiger partial charge in [-0.05, 0) is 6.07 Å². The summed E-state index contributed by atoms with van der Waals surface area (Å²) in [5.74, 6) is 0.0103. The molecule has 0 saturated carbocycles. The smallest absolute Gasteiger partial charge is 0.248 e. The lowest BCUT2D eigenvalue weighted by molar-refractivity contribution is 0.102. The highest BCUT2D eigenvalue weighted by Gasteiger charge is 2.14. The molecule has 0 aliphatic carbocycles. The SMILES string of the molecule is Cn1ncnc1C(=O)c1ccncn1. The summed E-state index contributed by atoms with van der Waals surface area (Å²) in [4.78, 5) is 23.1. The lowest BCUT2D eigenvalue weighted by Gasteiger charge is -1.97. The Morgan fingerprint density at radius 2 is 2.21 bits per heavy atom. The summed E-state index contributed by atoms with van der Waals surface area (Å²) in [7, 11) is 1.65. The van der Waals surface area contributed by atoms with Gasteiger partial charge in [0.2, 0.25) is 11.6 Å². The molecule has 2 heterocycles. The van der Waals surface area contributed by atoms with E-state index in [2.05, 4.69) is 20.1 Å². The van der Waals surface area contributed by atoms with Crippen molar-refractivity contribution in [2.24, 2.45) is 7.05 Å². The third-order valence-electron chi connectivity index (χ3n) is 1.73. The number of nitrogens with zero attached hydrogens (tertiary/aromatic N) is 5. The monoisotopic (exact) mass is 189 g/mol. The van der Waals surface area contributed by atoms with E-state index < -0.39 is 0 Å². The van der Waals surface area contributed by atoms with Gasteiger partial charge in [-0.3, -0.25) is 4.79 Å². The van der Waals surface area contributed by atoms with Crippen molar-refractivity contribution >= 4 is 5.78 Å². The topological polar surface area (TPSA) is 73.6 Å². The molecule has 0 aromatic carbocycles. The zero-order valence-electron chi connectivity index (χ0n) is 7.45. The van der Waals surface area contributed by atoms with Gasteiger partial charge in [-0.1, -0.05) is 0 Å². The average Bonchev–Trinajstić information content (AvgIpc) is 2.65. The molecular formula is C8H7N5O. The van der Waals surface area contributed by atoms with Crippen LogP contribution in [0.15, 0.2) is 24.9 Å². The van der Waals surface area contributed by atoms with Crippen LogP contribution in [-0.2, 0) is 7.05 Å². The standard InChI is InChI=1S/C8H7N5O/c1-13-8(11-5-12-13)7(14)6-2-3-9-4-10-6/h2-5H,1H3. The van der Waals surface area contributed by atoms with Gasteiger partial charge >= 0.3 is 0 Å². The van der Waals surface area contributed by atoms with Gasteiger partial charge in [0.25, 0.3) is 0 Å². The summed E-state index contributed by atoms with van der Waals surface area (Å²) in [5, 5.41) is 3.80. The zero-order valence-corrected chi connectivity index (χ0v) is 7.45. The lowest BCUT2D eigenvalue weighted by atomic mass is 10.2. The Labute approximate surface area is 79.6 Å². The van der Waals surface area contributed by atoms with Gasteiger partial charge in [0.05, 0.1) is 0 Å². The van der Waals surface area contributed by atoms with Crippen molar-refractivity contribution in [3.05, 3.63) is 36.4 Å². The quantitative estimate of drug-likeness (QED) is 0.613.